The number of nitrogens with one attached hydrogen (secondary N) is 1. The molecule has 0 aliphatic heterocycles. The second kappa shape index (κ2) is 6.74. The van der Waals surface area contributed by atoms with Crippen LogP contribution < -0.4 is 11.2 Å². The average molecular weight is 283 g/mol. The van der Waals surface area contributed by atoms with E-state index in [0.717, 1.165) is 6.42 Å². The highest BCUT2D eigenvalue weighted by Crippen LogP contribution is 2.22. The van der Waals surface area contributed by atoms with Gasteiger partial charge in [0.15, 0.2) is 0 Å². The van der Waals surface area contributed by atoms with Gasteiger partial charge < -0.3 is 10.0 Å². The number of likely N-dealkylation sites (N-methyl/N-ethyl adjacent to an activating group) is 1. The largest absolute Gasteiger partial charge is 0.494 e. The maximum Gasteiger partial charge on any atom is 0.331 e. The maximum atomic E-state index is 12.1. The summed E-state index contributed by atoms with van der Waals surface area (Å²) in [5.74, 6) is 0.178. The van der Waals surface area contributed by atoms with Crippen molar-refractivity contribution in [3.63, 3.8) is 0 Å². The number of hydrogen-bond donors (Lipinski definition) is 2. The summed E-state index contributed by atoms with van der Waals surface area (Å²) >= 11 is 0. The number of aromatic nitrogens is 2. The summed E-state index contributed by atoms with van der Waals surface area (Å²) in [6.07, 6.45) is 1.14. The molecule has 6 heteroatoms. The molecule has 0 spiro atoms. The summed E-state index contributed by atoms with van der Waals surface area (Å²) in [5.41, 5.74) is -0.784. The summed E-state index contributed by atoms with van der Waals surface area (Å²) in [6, 6.07) is -0.167. The summed E-state index contributed by atoms with van der Waals surface area (Å²) in [6.45, 7) is 6.54. The molecular formula is C14H25N3O3. The van der Waals surface area contributed by atoms with Gasteiger partial charge in [-0.2, -0.15) is 0 Å². The predicted molar refractivity (Wildman–Crippen MR) is 79.4 cm³/mol. The number of rotatable bonds is 6. The van der Waals surface area contributed by atoms with Gasteiger partial charge in [0, 0.05) is 6.54 Å². The van der Waals surface area contributed by atoms with Crippen LogP contribution in [-0.2, 0) is 6.42 Å². The van der Waals surface area contributed by atoms with E-state index in [1.54, 1.807) is 6.92 Å². The molecule has 0 saturated carbocycles. The van der Waals surface area contributed by atoms with E-state index in [1.807, 2.05) is 19.0 Å². The van der Waals surface area contributed by atoms with Gasteiger partial charge in [0.05, 0.1) is 11.6 Å². The molecule has 1 heterocycles. The molecule has 0 radical (unpaired) electrons. The normalized spacial score (nSPS) is 13.2. The lowest BCUT2D eigenvalue weighted by Crippen LogP contribution is -2.38. The molecule has 1 unspecified atom stereocenters. The third-order valence-corrected chi connectivity index (χ3v) is 3.25. The first-order valence-electron chi connectivity index (χ1n) is 6.99. The molecule has 0 bridgehead atoms. The molecule has 0 aromatic carbocycles. The maximum absolute atomic E-state index is 12.1. The summed E-state index contributed by atoms with van der Waals surface area (Å²) in [4.78, 5) is 28.0. The Morgan fingerprint density at radius 3 is 2.35 bits per heavy atom. The Balaban J connectivity index is 3.39. The highest BCUT2D eigenvalue weighted by molar-refractivity contribution is 5.23. The topological polar surface area (TPSA) is 78.3 Å². The highest BCUT2D eigenvalue weighted by Gasteiger charge is 2.21. The van der Waals surface area contributed by atoms with Crippen LogP contribution >= 0.6 is 0 Å². The molecule has 20 heavy (non-hydrogen) atoms. The van der Waals surface area contributed by atoms with E-state index in [2.05, 4.69) is 18.8 Å². The van der Waals surface area contributed by atoms with E-state index in [0.29, 0.717) is 18.9 Å². The van der Waals surface area contributed by atoms with Gasteiger partial charge >= 0.3 is 5.69 Å². The lowest BCUT2D eigenvalue weighted by molar-refractivity contribution is 0.258. The van der Waals surface area contributed by atoms with Gasteiger partial charge in [-0.25, -0.2) is 4.79 Å². The molecule has 1 rings (SSSR count). The number of aromatic amines is 1. The lowest BCUT2D eigenvalue weighted by Gasteiger charge is -2.26. The second-order valence-corrected chi connectivity index (χ2v) is 5.83. The molecule has 6 nitrogen and oxygen atoms in total. The Morgan fingerprint density at radius 2 is 1.90 bits per heavy atom. The number of hydrogen-bond acceptors (Lipinski definition) is 4. The van der Waals surface area contributed by atoms with Crippen LogP contribution in [0.4, 0.5) is 0 Å². The van der Waals surface area contributed by atoms with Gasteiger partial charge in [-0.3, -0.25) is 14.3 Å². The van der Waals surface area contributed by atoms with Crippen LogP contribution in [0.25, 0.3) is 0 Å². The zero-order chi connectivity index (χ0) is 15.4. The van der Waals surface area contributed by atoms with Gasteiger partial charge in [-0.05, 0) is 32.9 Å². The van der Waals surface area contributed by atoms with Gasteiger partial charge in [0.2, 0.25) is 5.88 Å². The van der Waals surface area contributed by atoms with Crippen LogP contribution in [0.1, 0.15) is 38.8 Å². The van der Waals surface area contributed by atoms with E-state index < -0.39 is 11.2 Å². The molecule has 0 aliphatic carbocycles. The minimum Gasteiger partial charge on any atom is -0.494 e. The molecule has 0 aliphatic rings. The van der Waals surface area contributed by atoms with Crippen molar-refractivity contribution in [2.45, 2.75) is 39.7 Å². The first-order chi connectivity index (χ1) is 9.27. The van der Waals surface area contributed by atoms with E-state index in [4.69, 9.17) is 0 Å². The molecule has 2 N–H and O–H groups in total. The van der Waals surface area contributed by atoms with Crippen LogP contribution in [0.2, 0.25) is 0 Å². The molecule has 1 aromatic rings. The van der Waals surface area contributed by atoms with Crippen LogP contribution in [0.15, 0.2) is 9.59 Å². The Bertz CT molecular complexity index is 548. The van der Waals surface area contributed by atoms with Crippen molar-refractivity contribution in [2.75, 3.05) is 20.6 Å². The number of aromatic hydroxyl groups is 1. The fourth-order valence-electron chi connectivity index (χ4n) is 2.46. The van der Waals surface area contributed by atoms with E-state index >= 15 is 0 Å². The summed E-state index contributed by atoms with van der Waals surface area (Å²) in [7, 11) is 3.84. The molecule has 1 aromatic heterocycles. The van der Waals surface area contributed by atoms with Crippen molar-refractivity contribution < 1.29 is 5.11 Å². The molecule has 0 saturated heterocycles. The minimum absolute atomic E-state index is 0.167. The Kier molecular flexibility index (Phi) is 5.56. The van der Waals surface area contributed by atoms with Crippen molar-refractivity contribution in [2.24, 2.45) is 5.92 Å². The molecular weight excluding hydrogens is 258 g/mol. The van der Waals surface area contributed by atoms with Crippen molar-refractivity contribution >= 4 is 0 Å². The van der Waals surface area contributed by atoms with Crippen molar-refractivity contribution in [3.05, 3.63) is 26.4 Å². The Labute approximate surface area is 119 Å². The zero-order valence-electron chi connectivity index (χ0n) is 12.9. The van der Waals surface area contributed by atoms with Crippen molar-refractivity contribution in [3.8, 4) is 5.88 Å². The fourth-order valence-corrected chi connectivity index (χ4v) is 2.46. The first kappa shape index (κ1) is 16.5. The third kappa shape index (κ3) is 3.72. The molecule has 0 fully saturated rings. The Hall–Kier alpha value is -1.56. The van der Waals surface area contributed by atoms with Crippen LogP contribution in [-0.4, -0.2) is 40.2 Å². The van der Waals surface area contributed by atoms with Gasteiger partial charge in [0.25, 0.3) is 5.56 Å². The van der Waals surface area contributed by atoms with E-state index in [9.17, 15) is 14.7 Å². The summed E-state index contributed by atoms with van der Waals surface area (Å²) < 4.78 is 1.32. The van der Waals surface area contributed by atoms with Gasteiger partial charge in [-0.15, -0.1) is 0 Å². The molecule has 1 atom stereocenters. The zero-order valence-corrected chi connectivity index (χ0v) is 12.9. The van der Waals surface area contributed by atoms with Crippen LogP contribution in [0, 0.1) is 5.92 Å². The standard InChI is InChI=1S/C14H25N3O3/c1-6-11-12(18)15-14(20)17(13(11)19)10(7-9(2)3)8-16(4)5/h9-10,19H,6-8H2,1-5H3,(H,15,18,20). The van der Waals surface area contributed by atoms with E-state index in [1.165, 1.54) is 4.57 Å². The number of H-pyrrole nitrogens is 1. The number of nitrogens with zero attached hydrogens (tertiary/aromatic N) is 2. The second-order valence-electron chi connectivity index (χ2n) is 5.83. The predicted octanol–water partition coefficient (Wildman–Crippen LogP) is 0.953. The van der Waals surface area contributed by atoms with Crippen molar-refractivity contribution in [1.82, 2.24) is 14.5 Å². The monoisotopic (exact) mass is 283 g/mol. The van der Waals surface area contributed by atoms with E-state index in [-0.39, 0.29) is 17.5 Å². The van der Waals surface area contributed by atoms with Crippen LogP contribution in [0.5, 0.6) is 5.88 Å². The van der Waals surface area contributed by atoms with Crippen LogP contribution in [0.3, 0.4) is 0 Å². The van der Waals surface area contributed by atoms with Crippen molar-refractivity contribution in [1.29, 1.82) is 0 Å². The minimum atomic E-state index is -0.544. The molecule has 0 amide bonds. The molecule has 114 valence electrons. The van der Waals surface area contributed by atoms with Gasteiger partial charge in [-0.1, -0.05) is 20.8 Å². The Morgan fingerprint density at radius 1 is 1.30 bits per heavy atom. The smallest absolute Gasteiger partial charge is 0.331 e. The first-order valence-corrected chi connectivity index (χ1v) is 6.99. The summed E-state index contributed by atoms with van der Waals surface area (Å²) in [5, 5.41) is 10.3. The average Bonchev–Trinajstić information content (AvgIpc) is 2.26. The third-order valence-electron chi connectivity index (χ3n) is 3.25. The van der Waals surface area contributed by atoms with Gasteiger partial charge in [0.1, 0.15) is 0 Å². The SMILES string of the molecule is CCc1c(O)n(C(CC(C)C)CN(C)C)c(=O)[nH]c1=O. The quantitative estimate of drug-likeness (QED) is 0.815. The fraction of sp³-hybridized carbons (Fsp3) is 0.714. The highest BCUT2D eigenvalue weighted by atomic mass is 16.3. The lowest BCUT2D eigenvalue weighted by atomic mass is 10.0.